The number of aliphatic carboxylic acids is 1. The quantitative estimate of drug-likeness (QED) is 0.597. The van der Waals surface area contributed by atoms with Gasteiger partial charge in [-0.15, -0.1) is 0 Å². The number of rotatable bonds is 8. The molecular formula is C25H28N2O6. The Kier molecular flexibility index (Phi) is 6.65. The molecule has 0 saturated carbocycles. The van der Waals surface area contributed by atoms with Crippen LogP contribution in [0.1, 0.15) is 30.4 Å². The largest absolute Gasteiger partial charge is 0.481 e. The number of likely N-dealkylation sites (tertiary alicyclic amines) is 1. The summed E-state index contributed by atoms with van der Waals surface area (Å²) in [6.45, 7) is 2.67. The minimum atomic E-state index is -0.901. The van der Waals surface area contributed by atoms with Crippen LogP contribution in [0.2, 0.25) is 0 Å². The number of fused-ring (bicyclic) bond motifs is 3. The SMILES string of the molecule is CC1(C(=O)O)CCN(C(=O)COCCNC(=O)OCC2c3ccccc3-c3ccccc32)C1. The number of nitrogens with one attached hydrogen (secondary N) is 1. The normalized spacial score (nSPS) is 19.1. The van der Waals surface area contributed by atoms with Crippen molar-refractivity contribution < 1.29 is 29.0 Å². The number of nitrogens with zero attached hydrogens (tertiary/aromatic N) is 1. The van der Waals surface area contributed by atoms with E-state index in [0.717, 1.165) is 11.1 Å². The van der Waals surface area contributed by atoms with Gasteiger partial charge in [0.2, 0.25) is 5.91 Å². The van der Waals surface area contributed by atoms with Gasteiger partial charge >= 0.3 is 12.1 Å². The molecule has 33 heavy (non-hydrogen) atoms. The molecule has 1 unspecified atom stereocenters. The third kappa shape index (κ3) is 4.85. The number of hydrogen-bond donors (Lipinski definition) is 2. The minimum Gasteiger partial charge on any atom is -0.481 e. The number of carbonyl (C=O) groups excluding carboxylic acids is 2. The van der Waals surface area contributed by atoms with Crippen LogP contribution in [0.5, 0.6) is 0 Å². The van der Waals surface area contributed by atoms with Crippen LogP contribution >= 0.6 is 0 Å². The number of benzene rings is 2. The van der Waals surface area contributed by atoms with E-state index in [2.05, 4.69) is 29.6 Å². The van der Waals surface area contributed by atoms with Crippen LogP contribution in [0.25, 0.3) is 11.1 Å². The van der Waals surface area contributed by atoms with Crippen molar-refractivity contribution in [2.24, 2.45) is 5.41 Å². The van der Waals surface area contributed by atoms with Gasteiger partial charge in [-0.2, -0.15) is 0 Å². The molecule has 2 amide bonds. The Hall–Kier alpha value is -3.39. The first-order valence-corrected chi connectivity index (χ1v) is 11.1. The Bertz CT molecular complexity index is 1010. The van der Waals surface area contributed by atoms with E-state index in [1.54, 1.807) is 6.92 Å². The maximum atomic E-state index is 12.2. The number of ether oxygens (including phenoxy) is 2. The standard InChI is InChI=1S/C25H28N2O6/c1-25(23(29)30)10-12-27(16-25)22(28)15-32-13-11-26-24(31)33-14-21-19-8-4-2-6-17(19)18-7-3-5-9-20(18)21/h2-9,21H,10-16H2,1H3,(H,26,31)(H,29,30). The molecule has 1 heterocycles. The van der Waals surface area contributed by atoms with Crippen molar-refractivity contribution in [2.45, 2.75) is 19.3 Å². The van der Waals surface area contributed by atoms with E-state index in [4.69, 9.17) is 9.47 Å². The lowest BCUT2D eigenvalue weighted by Gasteiger charge is -2.20. The Labute approximate surface area is 192 Å². The van der Waals surface area contributed by atoms with Crippen LogP contribution in [0.3, 0.4) is 0 Å². The summed E-state index contributed by atoms with van der Waals surface area (Å²) in [5, 5.41) is 11.9. The molecule has 0 spiro atoms. The fraction of sp³-hybridized carbons (Fsp3) is 0.400. The second-order valence-electron chi connectivity index (χ2n) is 8.74. The van der Waals surface area contributed by atoms with Crippen LogP contribution in [0, 0.1) is 5.41 Å². The Morgan fingerprint density at radius 1 is 1.09 bits per heavy atom. The van der Waals surface area contributed by atoms with E-state index < -0.39 is 17.5 Å². The van der Waals surface area contributed by atoms with Gasteiger partial charge in [0, 0.05) is 25.6 Å². The van der Waals surface area contributed by atoms with Gasteiger partial charge in [0.25, 0.3) is 0 Å². The summed E-state index contributed by atoms with van der Waals surface area (Å²) in [5.41, 5.74) is 3.73. The van der Waals surface area contributed by atoms with Crippen LogP contribution in [-0.4, -0.2) is 67.4 Å². The van der Waals surface area contributed by atoms with Gasteiger partial charge in [-0.3, -0.25) is 9.59 Å². The molecular weight excluding hydrogens is 424 g/mol. The molecule has 2 aromatic carbocycles. The zero-order valence-electron chi connectivity index (χ0n) is 18.6. The van der Waals surface area contributed by atoms with E-state index >= 15 is 0 Å². The van der Waals surface area contributed by atoms with Crippen LogP contribution in [0.15, 0.2) is 48.5 Å². The lowest BCUT2D eigenvalue weighted by Crippen LogP contribution is -2.37. The second kappa shape index (κ2) is 9.62. The minimum absolute atomic E-state index is 0.00558. The van der Waals surface area contributed by atoms with Gasteiger partial charge in [0.05, 0.1) is 12.0 Å². The van der Waals surface area contributed by atoms with Gasteiger partial charge in [-0.05, 0) is 35.6 Å². The molecule has 174 valence electrons. The molecule has 0 aromatic heterocycles. The van der Waals surface area contributed by atoms with Crippen molar-refractivity contribution in [1.29, 1.82) is 0 Å². The van der Waals surface area contributed by atoms with Gasteiger partial charge in [-0.25, -0.2) is 4.79 Å². The lowest BCUT2D eigenvalue weighted by atomic mass is 9.90. The molecule has 1 atom stereocenters. The summed E-state index contributed by atoms with van der Waals surface area (Å²) in [7, 11) is 0. The van der Waals surface area contributed by atoms with E-state index in [-0.39, 0.29) is 44.7 Å². The molecule has 0 bridgehead atoms. The molecule has 8 heteroatoms. The molecule has 8 nitrogen and oxygen atoms in total. The van der Waals surface area contributed by atoms with Crippen molar-refractivity contribution in [3.8, 4) is 11.1 Å². The monoisotopic (exact) mass is 452 g/mol. The highest BCUT2D eigenvalue weighted by molar-refractivity contribution is 5.81. The molecule has 1 aliphatic carbocycles. The highest BCUT2D eigenvalue weighted by atomic mass is 16.5. The molecule has 1 fully saturated rings. The van der Waals surface area contributed by atoms with E-state index in [9.17, 15) is 19.5 Å². The summed E-state index contributed by atoms with van der Waals surface area (Å²) in [6.07, 6.45) is -0.110. The van der Waals surface area contributed by atoms with Crippen LogP contribution in [0.4, 0.5) is 4.79 Å². The van der Waals surface area contributed by atoms with E-state index in [0.29, 0.717) is 13.0 Å². The highest BCUT2D eigenvalue weighted by Crippen LogP contribution is 2.44. The van der Waals surface area contributed by atoms with Gasteiger partial charge < -0.3 is 24.8 Å². The number of amides is 2. The van der Waals surface area contributed by atoms with Crippen molar-refractivity contribution in [1.82, 2.24) is 10.2 Å². The fourth-order valence-corrected chi connectivity index (χ4v) is 4.47. The van der Waals surface area contributed by atoms with Crippen molar-refractivity contribution in [2.75, 3.05) is 39.5 Å². The average molecular weight is 453 g/mol. The average Bonchev–Trinajstić information content (AvgIpc) is 3.37. The number of carboxylic acid groups (broad SMARTS) is 1. The zero-order chi connectivity index (χ0) is 23.4. The molecule has 4 rings (SSSR count). The van der Waals surface area contributed by atoms with E-state index in [1.165, 1.54) is 16.0 Å². The molecule has 2 aromatic rings. The Morgan fingerprint density at radius 3 is 2.33 bits per heavy atom. The Morgan fingerprint density at radius 2 is 1.73 bits per heavy atom. The number of carboxylic acids is 1. The number of alkyl carbamates (subject to hydrolysis) is 1. The van der Waals surface area contributed by atoms with Gasteiger partial charge in [-0.1, -0.05) is 48.5 Å². The predicted molar refractivity (Wildman–Crippen MR) is 121 cm³/mol. The maximum absolute atomic E-state index is 12.2. The third-order valence-corrected chi connectivity index (χ3v) is 6.43. The first-order chi connectivity index (χ1) is 15.9. The molecule has 1 aliphatic heterocycles. The van der Waals surface area contributed by atoms with Crippen molar-refractivity contribution in [3.63, 3.8) is 0 Å². The van der Waals surface area contributed by atoms with Gasteiger partial charge in [0.1, 0.15) is 13.2 Å². The van der Waals surface area contributed by atoms with Gasteiger partial charge in [0.15, 0.2) is 0 Å². The number of hydrogen-bond acceptors (Lipinski definition) is 5. The van der Waals surface area contributed by atoms with Crippen LogP contribution in [-0.2, 0) is 19.1 Å². The molecule has 0 radical (unpaired) electrons. The summed E-state index contributed by atoms with van der Waals surface area (Å²) in [5.74, 6) is -1.15. The predicted octanol–water partition coefficient (Wildman–Crippen LogP) is 2.86. The van der Waals surface area contributed by atoms with Crippen molar-refractivity contribution >= 4 is 18.0 Å². The first kappa shape index (κ1) is 22.8. The number of carbonyl (C=O) groups is 3. The molecule has 2 N–H and O–H groups in total. The molecule has 1 saturated heterocycles. The highest BCUT2D eigenvalue weighted by Gasteiger charge is 2.42. The lowest BCUT2D eigenvalue weighted by molar-refractivity contribution is -0.147. The first-order valence-electron chi connectivity index (χ1n) is 11.1. The van der Waals surface area contributed by atoms with E-state index in [1.807, 2.05) is 24.3 Å². The molecule has 2 aliphatic rings. The fourth-order valence-electron chi connectivity index (χ4n) is 4.47. The van der Waals surface area contributed by atoms with Crippen molar-refractivity contribution in [3.05, 3.63) is 59.7 Å². The zero-order valence-corrected chi connectivity index (χ0v) is 18.6. The smallest absolute Gasteiger partial charge is 0.407 e. The topological polar surface area (TPSA) is 105 Å². The maximum Gasteiger partial charge on any atom is 0.407 e. The second-order valence-corrected chi connectivity index (χ2v) is 8.74. The Balaban J connectivity index is 1.17. The summed E-state index contributed by atoms with van der Waals surface area (Å²) < 4.78 is 10.8. The third-order valence-electron chi connectivity index (χ3n) is 6.43. The summed E-state index contributed by atoms with van der Waals surface area (Å²) in [6, 6.07) is 16.3. The summed E-state index contributed by atoms with van der Waals surface area (Å²) >= 11 is 0. The summed E-state index contributed by atoms with van der Waals surface area (Å²) in [4.78, 5) is 37.1. The van der Waals surface area contributed by atoms with Crippen LogP contribution < -0.4 is 5.32 Å².